The third-order valence-electron chi connectivity index (χ3n) is 10.8. The van der Waals surface area contributed by atoms with Crippen LogP contribution in [0.25, 0.3) is 0 Å². The molecule has 0 spiro atoms. The van der Waals surface area contributed by atoms with E-state index in [0.717, 1.165) is 56.4 Å². The van der Waals surface area contributed by atoms with Crippen LogP contribution >= 0.6 is 0 Å². The maximum absolute atomic E-state index is 13.0. The summed E-state index contributed by atoms with van der Waals surface area (Å²) in [7, 11) is 1.36. The van der Waals surface area contributed by atoms with Crippen LogP contribution in [0.1, 0.15) is 99.0 Å². The van der Waals surface area contributed by atoms with Crippen LogP contribution in [-0.2, 0) is 34.8 Å². The Bertz CT molecular complexity index is 1200. The van der Waals surface area contributed by atoms with Gasteiger partial charge in [-0.2, -0.15) is 0 Å². The van der Waals surface area contributed by atoms with Gasteiger partial charge in [0.1, 0.15) is 12.5 Å². The summed E-state index contributed by atoms with van der Waals surface area (Å²) in [6.07, 6.45) is 11.4. The molecule has 8 heteroatoms. The van der Waals surface area contributed by atoms with Crippen LogP contribution in [0.4, 0.5) is 0 Å². The van der Waals surface area contributed by atoms with Gasteiger partial charge in [-0.15, -0.1) is 0 Å². The Morgan fingerprint density at radius 3 is 2.27 bits per heavy atom. The highest BCUT2D eigenvalue weighted by molar-refractivity contribution is 6.74. The molecule has 7 atom stereocenters. The molecule has 0 amide bonds. The molecule has 0 N–H and O–H groups in total. The largest absolute Gasteiger partial charge is 0.497 e. The first-order chi connectivity index (χ1) is 24.2. The summed E-state index contributed by atoms with van der Waals surface area (Å²) < 4.78 is 34.8. The highest BCUT2D eigenvalue weighted by atomic mass is 28.4. The highest BCUT2D eigenvalue weighted by Gasteiger charge is 2.42. The molecule has 1 aliphatic rings. The van der Waals surface area contributed by atoms with Crippen molar-refractivity contribution in [3.63, 3.8) is 0 Å². The minimum atomic E-state index is -1.99. The molecule has 0 bridgehead atoms. The number of allylic oxidation sites excluding steroid dienone is 1. The Kier molecular flexibility index (Phi) is 20.9. The number of ketones is 1. The Balaban J connectivity index is 1.83. The summed E-state index contributed by atoms with van der Waals surface area (Å²) in [5, 5.41) is 0.122. The molecule has 0 radical (unpaired) electrons. The second kappa shape index (κ2) is 23.6. The Morgan fingerprint density at radius 1 is 0.922 bits per heavy atom. The summed E-state index contributed by atoms with van der Waals surface area (Å²) in [6, 6.07) is 8.03. The van der Waals surface area contributed by atoms with Gasteiger partial charge in [0.15, 0.2) is 8.32 Å². The summed E-state index contributed by atoms with van der Waals surface area (Å²) in [6.45, 7) is 23.8. The first kappa shape index (κ1) is 45.2. The van der Waals surface area contributed by atoms with E-state index in [4.69, 9.17) is 28.1 Å². The van der Waals surface area contributed by atoms with Crippen LogP contribution in [0.5, 0.6) is 5.75 Å². The van der Waals surface area contributed by atoms with Gasteiger partial charge < -0.3 is 28.1 Å². The minimum Gasteiger partial charge on any atom is -0.497 e. The summed E-state index contributed by atoms with van der Waals surface area (Å²) >= 11 is 0. The van der Waals surface area contributed by atoms with Gasteiger partial charge in [-0.3, -0.25) is 4.79 Å². The first-order valence-corrected chi connectivity index (χ1v) is 22.3. The molecular weight excluding hydrogens is 657 g/mol. The molecule has 1 aromatic rings. The maximum atomic E-state index is 13.0. The van der Waals surface area contributed by atoms with Crippen LogP contribution in [0, 0.1) is 47.3 Å². The van der Waals surface area contributed by atoms with Gasteiger partial charge in [0, 0.05) is 19.6 Å². The van der Waals surface area contributed by atoms with Crippen LogP contribution in [0.2, 0.25) is 18.1 Å². The number of carbonyl (C=O) groups is 1. The lowest BCUT2D eigenvalue weighted by Crippen LogP contribution is -2.46. The molecule has 51 heavy (non-hydrogen) atoms. The SMILES string of the molecule is COCCOCOC[C@@H]1CCC[C@H]1[C@H](C/C=C/C#CC(=O)[C@@H](C)C[C@H](C)C[C@H](C)C[C@H](C)COCc1ccc(OC)cc1)O[Si](C)(C)C(C)(C)C. The molecule has 2 rings (SSSR count). The van der Waals surface area contributed by atoms with E-state index in [0.29, 0.717) is 62.8 Å². The quantitative estimate of drug-likeness (QED) is 0.0345. The van der Waals surface area contributed by atoms with Gasteiger partial charge >= 0.3 is 0 Å². The number of carbonyl (C=O) groups excluding carboxylic acids is 1. The molecule has 0 aliphatic heterocycles. The van der Waals surface area contributed by atoms with Crippen molar-refractivity contribution in [2.45, 2.75) is 124 Å². The molecule has 0 aromatic heterocycles. The van der Waals surface area contributed by atoms with E-state index in [9.17, 15) is 4.79 Å². The zero-order valence-corrected chi connectivity index (χ0v) is 35.1. The topological polar surface area (TPSA) is 72.5 Å². The number of methoxy groups -OCH3 is 2. The molecule has 0 heterocycles. The molecule has 0 unspecified atom stereocenters. The van der Waals surface area contributed by atoms with E-state index in [-0.39, 0.29) is 22.8 Å². The highest BCUT2D eigenvalue weighted by Crippen LogP contribution is 2.43. The second-order valence-electron chi connectivity index (χ2n) is 16.7. The lowest BCUT2D eigenvalue weighted by molar-refractivity contribution is -0.117. The number of benzene rings is 1. The molecule has 1 fully saturated rings. The Labute approximate surface area is 313 Å². The van der Waals surface area contributed by atoms with Crippen LogP contribution in [0.3, 0.4) is 0 Å². The van der Waals surface area contributed by atoms with Gasteiger partial charge in [-0.1, -0.05) is 79.0 Å². The fraction of sp³-hybridized carbons (Fsp3) is 0.744. The minimum absolute atomic E-state index is 0.0225. The molecule has 290 valence electrons. The molecule has 1 aliphatic carbocycles. The predicted octanol–water partition coefficient (Wildman–Crippen LogP) is 9.89. The molecular formula is C43H72O7Si. The van der Waals surface area contributed by atoms with Crippen molar-refractivity contribution < 1.29 is 32.9 Å². The summed E-state index contributed by atoms with van der Waals surface area (Å²) in [5.41, 5.74) is 1.15. The van der Waals surface area contributed by atoms with E-state index in [1.165, 1.54) is 6.42 Å². The number of hydrogen-bond donors (Lipinski definition) is 0. The Morgan fingerprint density at radius 2 is 1.61 bits per heavy atom. The summed E-state index contributed by atoms with van der Waals surface area (Å²) in [4.78, 5) is 13.0. The smallest absolute Gasteiger partial charge is 0.208 e. The second-order valence-corrected chi connectivity index (χ2v) is 21.5. The Hall–Kier alpha value is -1.99. The van der Waals surface area contributed by atoms with Crippen LogP contribution in [-0.4, -0.2) is 67.6 Å². The van der Waals surface area contributed by atoms with Gasteiger partial charge in [0.2, 0.25) is 5.78 Å². The zero-order valence-electron chi connectivity index (χ0n) is 34.1. The zero-order chi connectivity index (χ0) is 37.9. The van der Waals surface area contributed by atoms with Gasteiger partial charge in [-0.25, -0.2) is 0 Å². The average Bonchev–Trinajstić information content (AvgIpc) is 3.53. The van der Waals surface area contributed by atoms with Crippen molar-refractivity contribution in [2.24, 2.45) is 35.5 Å². The van der Waals surface area contributed by atoms with Gasteiger partial charge in [-0.05, 0) is 116 Å². The normalized spacial score (nSPS) is 19.7. The third kappa shape index (κ3) is 17.6. The lowest BCUT2D eigenvalue weighted by Gasteiger charge is -2.41. The van der Waals surface area contributed by atoms with Crippen molar-refractivity contribution >= 4 is 14.1 Å². The average molecular weight is 729 g/mol. The van der Waals surface area contributed by atoms with Crippen molar-refractivity contribution in [1.82, 2.24) is 0 Å². The van der Waals surface area contributed by atoms with Crippen molar-refractivity contribution in [2.75, 3.05) is 47.4 Å². The third-order valence-corrected chi connectivity index (χ3v) is 15.3. The summed E-state index contributed by atoms with van der Waals surface area (Å²) in [5.74, 6) is 9.15. The van der Waals surface area contributed by atoms with E-state index in [1.807, 2.05) is 37.3 Å². The first-order valence-electron chi connectivity index (χ1n) is 19.4. The van der Waals surface area contributed by atoms with E-state index >= 15 is 0 Å². The van der Waals surface area contributed by atoms with Gasteiger partial charge in [0.05, 0.1) is 39.6 Å². The molecule has 7 nitrogen and oxygen atoms in total. The predicted molar refractivity (Wildman–Crippen MR) is 211 cm³/mol. The van der Waals surface area contributed by atoms with Crippen molar-refractivity contribution in [1.29, 1.82) is 0 Å². The fourth-order valence-corrected chi connectivity index (χ4v) is 8.41. The van der Waals surface area contributed by atoms with E-state index in [1.54, 1.807) is 14.2 Å². The van der Waals surface area contributed by atoms with Gasteiger partial charge in [0.25, 0.3) is 0 Å². The number of ether oxygens (including phenoxy) is 5. The van der Waals surface area contributed by atoms with E-state index in [2.05, 4.69) is 72.6 Å². The maximum Gasteiger partial charge on any atom is 0.208 e. The van der Waals surface area contributed by atoms with Crippen molar-refractivity contribution in [3.8, 4) is 17.6 Å². The van der Waals surface area contributed by atoms with Crippen LogP contribution < -0.4 is 4.74 Å². The fourth-order valence-electron chi connectivity index (χ4n) is 7.03. The number of hydrogen-bond acceptors (Lipinski definition) is 7. The number of Topliss-reactive ketones (excluding diaryl/α,β-unsaturated/α-hetero) is 1. The molecule has 0 saturated heterocycles. The number of rotatable bonds is 24. The van der Waals surface area contributed by atoms with Crippen LogP contribution in [0.15, 0.2) is 36.4 Å². The van der Waals surface area contributed by atoms with Crippen molar-refractivity contribution in [3.05, 3.63) is 42.0 Å². The van der Waals surface area contributed by atoms with E-state index < -0.39 is 8.32 Å². The lowest BCUT2D eigenvalue weighted by atomic mass is 9.85. The standard InChI is InChI=1S/C43H72O7Si/c1-33(27-35(3)29-48-30-37-20-22-39(46-9)23-21-37)26-34(2)28-36(4)41(44)18-13-12-14-19-42(50-51(10,11)43(5,6)7)40-17-15-16-38(40)31-49-32-47-25-24-45-8/h12,14,20-23,33-36,38,40,42H,15-17,19,24-32H2,1-11H3/b14-12+/t33-,34+,35-,36-,38-,40+,42-/m0/s1. The molecule has 1 aromatic carbocycles. The monoisotopic (exact) mass is 729 g/mol. The molecule has 1 saturated carbocycles.